The van der Waals surface area contributed by atoms with E-state index in [-0.39, 0.29) is 24.0 Å². The summed E-state index contributed by atoms with van der Waals surface area (Å²) in [5, 5.41) is 21.5. The van der Waals surface area contributed by atoms with Crippen LogP contribution >= 0.6 is 35.3 Å². The van der Waals surface area contributed by atoms with Crippen LogP contribution in [0, 0.1) is 0 Å². The number of thiophene rings is 1. The molecule has 1 atom stereocenters. The lowest BCUT2D eigenvalue weighted by atomic mass is 10.00. The molecule has 1 unspecified atom stereocenters. The first-order chi connectivity index (χ1) is 12.1. The van der Waals surface area contributed by atoms with Crippen molar-refractivity contribution in [3.8, 4) is 0 Å². The molecule has 1 saturated carbocycles. The number of hydrogen-bond donors (Lipinski definition) is 3. The number of hydrogen-bond acceptors (Lipinski definition) is 4. The van der Waals surface area contributed by atoms with Crippen LogP contribution in [0.15, 0.2) is 44.6 Å². The van der Waals surface area contributed by atoms with Gasteiger partial charge in [0.1, 0.15) is 11.4 Å². The molecule has 2 aromatic heterocycles. The van der Waals surface area contributed by atoms with Crippen LogP contribution in [0.2, 0.25) is 0 Å². The first-order valence-corrected chi connectivity index (χ1v) is 9.90. The number of halogens is 1. The van der Waals surface area contributed by atoms with E-state index in [1.54, 1.807) is 17.6 Å². The lowest BCUT2D eigenvalue weighted by molar-refractivity contribution is 0.0677. The van der Waals surface area contributed by atoms with Gasteiger partial charge in [-0.15, -0.1) is 24.0 Å². The van der Waals surface area contributed by atoms with Crippen LogP contribution in [0.3, 0.4) is 0 Å². The fourth-order valence-electron chi connectivity index (χ4n) is 3.07. The van der Waals surface area contributed by atoms with Gasteiger partial charge in [0.25, 0.3) is 0 Å². The first kappa shape index (κ1) is 21.2. The number of furan rings is 1. The number of nitrogens with one attached hydrogen (secondary N) is 2. The Morgan fingerprint density at radius 1 is 1.38 bits per heavy atom. The van der Waals surface area contributed by atoms with Crippen molar-refractivity contribution in [2.75, 3.05) is 13.1 Å². The van der Waals surface area contributed by atoms with E-state index in [0.717, 1.165) is 30.2 Å². The summed E-state index contributed by atoms with van der Waals surface area (Å²) in [5.41, 5.74) is -0.0391. The van der Waals surface area contributed by atoms with Crippen LogP contribution in [-0.4, -0.2) is 30.2 Å². The third-order valence-electron chi connectivity index (χ3n) is 4.63. The van der Waals surface area contributed by atoms with Crippen LogP contribution in [0.25, 0.3) is 0 Å². The number of guanidine groups is 1. The predicted octanol–water partition coefficient (Wildman–Crippen LogP) is 3.89. The smallest absolute Gasteiger partial charge is 0.191 e. The Kier molecular flexibility index (Phi) is 8.43. The van der Waals surface area contributed by atoms with Gasteiger partial charge in [0, 0.05) is 19.0 Å². The van der Waals surface area contributed by atoms with E-state index in [9.17, 15) is 5.11 Å². The number of nitrogens with zero attached hydrogens (tertiary/aromatic N) is 1. The minimum absolute atomic E-state index is 0. The third-order valence-corrected chi connectivity index (χ3v) is 5.31. The van der Waals surface area contributed by atoms with Crippen molar-refractivity contribution >= 4 is 41.3 Å². The summed E-state index contributed by atoms with van der Waals surface area (Å²) >= 11 is 1.59. The van der Waals surface area contributed by atoms with E-state index in [2.05, 4.69) is 15.6 Å². The van der Waals surface area contributed by atoms with Crippen molar-refractivity contribution < 1.29 is 9.52 Å². The fourth-order valence-corrected chi connectivity index (χ4v) is 3.85. The normalized spacial score (nSPS) is 17.5. The molecule has 0 saturated heterocycles. The van der Waals surface area contributed by atoms with Crippen molar-refractivity contribution in [2.45, 2.75) is 50.7 Å². The average Bonchev–Trinajstić information content (AvgIpc) is 3.34. The van der Waals surface area contributed by atoms with Crippen LogP contribution in [0.1, 0.15) is 43.9 Å². The molecule has 7 heteroatoms. The Hall–Kier alpha value is -1.06. The number of rotatable bonds is 7. The molecule has 3 N–H and O–H groups in total. The molecular formula is C19H28IN3O2S. The molecule has 5 nitrogen and oxygen atoms in total. The SMILES string of the molecule is CC(O)(CN=C(NCCc1ccco1)NC1CCCC1)c1ccsc1.I. The molecule has 26 heavy (non-hydrogen) atoms. The highest BCUT2D eigenvalue weighted by atomic mass is 127. The van der Waals surface area contributed by atoms with Gasteiger partial charge in [-0.25, -0.2) is 4.99 Å². The highest BCUT2D eigenvalue weighted by molar-refractivity contribution is 14.0. The average molecular weight is 489 g/mol. The number of aliphatic hydroxyl groups is 1. The van der Waals surface area contributed by atoms with Crippen molar-refractivity contribution in [1.82, 2.24) is 10.6 Å². The van der Waals surface area contributed by atoms with Gasteiger partial charge in [-0.3, -0.25) is 0 Å². The maximum Gasteiger partial charge on any atom is 0.191 e. The van der Waals surface area contributed by atoms with Crippen molar-refractivity contribution in [3.63, 3.8) is 0 Å². The van der Waals surface area contributed by atoms with E-state index in [4.69, 9.17) is 4.42 Å². The molecule has 3 rings (SSSR count). The van der Waals surface area contributed by atoms with Gasteiger partial charge in [0.2, 0.25) is 0 Å². The van der Waals surface area contributed by atoms with Gasteiger partial charge < -0.3 is 20.2 Å². The fraction of sp³-hybridized carbons (Fsp3) is 0.526. The highest BCUT2D eigenvalue weighted by Crippen LogP contribution is 2.23. The molecule has 0 spiro atoms. The summed E-state index contributed by atoms with van der Waals surface area (Å²) in [4.78, 5) is 4.65. The molecule has 1 aliphatic rings. The Morgan fingerprint density at radius 2 is 2.19 bits per heavy atom. The maximum absolute atomic E-state index is 10.7. The Bertz CT molecular complexity index is 650. The van der Waals surface area contributed by atoms with Crippen LogP contribution < -0.4 is 10.6 Å². The van der Waals surface area contributed by atoms with Crippen molar-refractivity contribution in [2.24, 2.45) is 4.99 Å². The minimum Gasteiger partial charge on any atom is -0.469 e. The molecule has 1 aliphatic carbocycles. The predicted molar refractivity (Wildman–Crippen MR) is 117 cm³/mol. The molecule has 0 radical (unpaired) electrons. The zero-order chi connectivity index (χ0) is 17.5. The summed E-state index contributed by atoms with van der Waals surface area (Å²) in [6.45, 7) is 2.88. The number of aliphatic imine (C=N–C) groups is 1. The lowest BCUT2D eigenvalue weighted by Crippen LogP contribution is -2.44. The van der Waals surface area contributed by atoms with Gasteiger partial charge in [-0.1, -0.05) is 12.8 Å². The molecule has 0 amide bonds. The highest BCUT2D eigenvalue weighted by Gasteiger charge is 2.24. The second kappa shape index (κ2) is 10.3. The monoisotopic (exact) mass is 489 g/mol. The largest absolute Gasteiger partial charge is 0.469 e. The molecule has 144 valence electrons. The van der Waals surface area contributed by atoms with Crippen LogP contribution in [-0.2, 0) is 12.0 Å². The van der Waals surface area contributed by atoms with Crippen LogP contribution in [0.4, 0.5) is 0 Å². The molecule has 0 bridgehead atoms. The summed E-state index contributed by atoms with van der Waals surface area (Å²) in [7, 11) is 0. The van der Waals surface area contributed by atoms with Crippen molar-refractivity contribution in [3.05, 3.63) is 46.5 Å². The van der Waals surface area contributed by atoms with Crippen LogP contribution in [0.5, 0.6) is 0 Å². The van der Waals surface area contributed by atoms with E-state index in [0.29, 0.717) is 12.6 Å². The zero-order valence-corrected chi connectivity index (χ0v) is 18.3. The van der Waals surface area contributed by atoms with Crippen molar-refractivity contribution in [1.29, 1.82) is 0 Å². The molecule has 0 aromatic carbocycles. The molecular weight excluding hydrogens is 461 g/mol. The lowest BCUT2D eigenvalue weighted by Gasteiger charge is -2.22. The minimum atomic E-state index is -0.953. The Labute approximate surface area is 176 Å². The topological polar surface area (TPSA) is 69.8 Å². The summed E-state index contributed by atoms with van der Waals surface area (Å²) in [5.74, 6) is 1.73. The second-order valence-electron chi connectivity index (χ2n) is 6.83. The van der Waals surface area contributed by atoms with Gasteiger partial charge >= 0.3 is 0 Å². The summed E-state index contributed by atoms with van der Waals surface area (Å²) < 4.78 is 5.37. The summed E-state index contributed by atoms with van der Waals surface area (Å²) in [6.07, 6.45) is 7.39. The Morgan fingerprint density at radius 3 is 2.85 bits per heavy atom. The second-order valence-corrected chi connectivity index (χ2v) is 7.61. The Balaban J connectivity index is 0.00000243. The van der Waals surface area contributed by atoms with Gasteiger partial charge in [-0.05, 0) is 54.3 Å². The van der Waals surface area contributed by atoms with E-state index < -0.39 is 5.60 Å². The van der Waals surface area contributed by atoms with E-state index in [1.165, 1.54) is 25.7 Å². The molecule has 1 fully saturated rings. The first-order valence-electron chi connectivity index (χ1n) is 8.96. The molecule has 2 aromatic rings. The summed E-state index contributed by atoms with van der Waals surface area (Å²) in [6, 6.07) is 6.30. The van der Waals surface area contributed by atoms with E-state index >= 15 is 0 Å². The molecule has 2 heterocycles. The third kappa shape index (κ3) is 6.28. The van der Waals surface area contributed by atoms with Gasteiger partial charge in [0.05, 0.1) is 12.8 Å². The standard InChI is InChI=1S/C19H27N3O2S.HI/c1-19(23,15-9-12-25-13-15)14-21-18(22-16-5-2-3-6-16)20-10-8-17-7-4-11-24-17;/h4,7,9,11-13,16,23H,2-3,5-6,8,10,14H2,1H3,(H2,20,21,22);1H. The van der Waals surface area contributed by atoms with Gasteiger partial charge in [0.15, 0.2) is 5.96 Å². The van der Waals surface area contributed by atoms with Gasteiger partial charge in [-0.2, -0.15) is 11.3 Å². The maximum atomic E-state index is 10.7. The van der Waals surface area contributed by atoms with E-state index in [1.807, 2.05) is 35.9 Å². The zero-order valence-electron chi connectivity index (χ0n) is 15.1. The molecule has 0 aliphatic heterocycles. The quantitative estimate of drug-likeness (QED) is 0.314.